The molecule has 0 aliphatic carbocycles. The van der Waals surface area contributed by atoms with Crippen molar-refractivity contribution < 1.29 is 19.1 Å². The Hall–Kier alpha value is -3.22. The number of para-hydroxylation sites is 2. The molecule has 0 aromatic heterocycles. The molecule has 0 radical (unpaired) electrons. The Balaban J connectivity index is 1.81. The van der Waals surface area contributed by atoms with Gasteiger partial charge in [0.2, 0.25) is 12.7 Å². The van der Waals surface area contributed by atoms with Gasteiger partial charge in [-0.2, -0.15) is 0 Å². The number of urea groups is 1. The fraction of sp³-hybridized carbons (Fsp3) is 0.222. The average molecular weight is 341 g/mol. The van der Waals surface area contributed by atoms with Gasteiger partial charge in [0.15, 0.2) is 11.5 Å². The monoisotopic (exact) mass is 341 g/mol. The minimum absolute atomic E-state index is 0.128. The average Bonchev–Trinajstić information content (AvgIpc) is 3.09. The molecule has 0 unspecified atom stereocenters. The van der Waals surface area contributed by atoms with E-state index in [0.29, 0.717) is 18.0 Å². The minimum Gasteiger partial charge on any atom is -0.454 e. The van der Waals surface area contributed by atoms with E-state index in [1.165, 1.54) is 0 Å². The van der Waals surface area contributed by atoms with Gasteiger partial charge < -0.3 is 25.4 Å². The number of benzene rings is 2. The van der Waals surface area contributed by atoms with Gasteiger partial charge in [-0.25, -0.2) is 4.79 Å². The molecule has 2 aromatic rings. The molecule has 1 heterocycles. The summed E-state index contributed by atoms with van der Waals surface area (Å²) >= 11 is 0. The minimum atomic E-state index is -0.648. The number of carbonyl (C=O) groups excluding carboxylic acids is 2. The molecule has 3 rings (SSSR count). The number of primary amides is 1. The van der Waals surface area contributed by atoms with Gasteiger partial charge in [0.1, 0.15) is 0 Å². The number of rotatable bonds is 6. The first-order valence-electron chi connectivity index (χ1n) is 7.91. The molecule has 7 heteroatoms. The Morgan fingerprint density at radius 1 is 1.08 bits per heavy atom. The van der Waals surface area contributed by atoms with Crippen LogP contribution in [0.15, 0.2) is 48.5 Å². The standard InChI is InChI=1S/C18H19N3O4/c19-18(23)20-10-9-16(22)21(14-6-2-1-3-7-14)11-13-5-4-8-15-17(13)25-12-24-15/h1-8H,9-12H2,(H3,19,20,23). The molecule has 0 fully saturated rings. The van der Waals surface area contributed by atoms with Gasteiger partial charge in [-0.05, 0) is 18.2 Å². The van der Waals surface area contributed by atoms with Gasteiger partial charge in [0.25, 0.3) is 0 Å². The molecule has 1 aliphatic rings. The van der Waals surface area contributed by atoms with Crippen LogP contribution >= 0.6 is 0 Å². The molecular weight excluding hydrogens is 322 g/mol. The lowest BCUT2D eigenvalue weighted by Crippen LogP contribution is -2.36. The summed E-state index contributed by atoms with van der Waals surface area (Å²) in [6.45, 7) is 0.699. The molecule has 2 aromatic carbocycles. The van der Waals surface area contributed by atoms with E-state index in [2.05, 4.69) is 5.32 Å². The lowest BCUT2D eigenvalue weighted by molar-refractivity contribution is -0.118. The first-order valence-corrected chi connectivity index (χ1v) is 7.91. The number of amides is 3. The van der Waals surface area contributed by atoms with Crippen molar-refractivity contribution in [1.82, 2.24) is 5.32 Å². The molecule has 0 atom stereocenters. The molecule has 130 valence electrons. The third kappa shape index (κ3) is 4.00. The van der Waals surface area contributed by atoms with Gasteiger partial charge in [-0.1, -0.05) is 30.3 Å². The van der Waals surface area contributed by atoms with Crippen LogP contribution in [0.2, 0.25) is 0 Å². The molecule has 3 N–H and O–H groups in total. The maximum Gasteiger partial charge on any atom is 0.312 e. The van der Waals surface area contributed by atoms with Crippen LogP contribution in [0.25, 0.3) is 0 Å². The highest BCUT2D eigenvalue weighted by molar-refractivity contribution is 5.93. The predicted octanol–water partition coefficient (Wildman–Crippen LogP) is 2.01. The Morgan fingerprint density at radius 3 is 2.64 bits per heavy atom. The van der Waals surface area contributed by atoms with Gasteiger partial charge in [0, 0.05) is 24.2 Å². The Morgan fingerprint density at radius 2 is 1.88 bits per heavy atom. The molecule has 0 spiro atoms. The molecule has 0 saturated heterocycles. The van der Waals surface area contributed by atoms with Crippen LogP contribution in [-0.2, 0) is 11.3 Å². The number of anilines is 1. The third-order valence-corrected chi connectivity index (χ3v) is 3.81. The van der Waals surface area contributed by atoms with Gasteiger partial charge in [-0.15, -0.1) is 0 Å². The van der Waals surface area contributed by atoms with Crippen molar-refractivity contribution in [2.75, 3.05) is 18.2 Å². The van der Waals surface area contributed by atoms with E-state index >= 15 is 0 Å². The number of ether oxygens (including phenoxy) is 2. The Labute approximate surface area is 145 Å². The van der Waals surface area contributed by atoms with Crippen molar-refractivity contribution in [3.63, 3.8) is 0 Å². The van der Waals surface area contributed by atoms with E-state index in [-0.39, 0.29) is 25.7 Å². The van der Waals surface area contributed by atoms with Crippen LogP contribution in [0.4, 0.5) is 10.5 Å². The lowest BCUT2D eigenvalue weighted by Gasteiger charge is -2.23. The van der Waals surface area contributed by atoms with Crippen molar-refractivity contribution >= 4 is 17.6 Å². The SMILES string of the molecule is NC(=O)NCCC(=O)N(Cc1cccc2c1OCO2)c1ccccc1. The second-order valence-electron chi connectivity index (χ2n) is 5.51. The molecule has 1 aliphatic heterocycles. The van der Waals surface area contributed by atoms with Crippen molar-refractivity contribution in [2.24, 2.45) is 5.73 Å². The maximum atomic E-state index is 12.7. The van der Waals surface area contributed by atoms with Crippen LogP contribution in [-0.4, -0.2) is 25.3 Å². The van der Waals surface area contributed by atoms with Crippen LogP contribution in [0.3, 0.4) is 0 Å². The number of fused-ring (bicyclic) bond motifs is 1. The molecule has 3 amide bonds. The zero-order valence-corrected chi connectivity index (χ0v) is 13.6. The quantitative estimate of drug-likeness (QED) is 0.840. The molecule has 25 heavy (non-hydrogen) atoms. The summed E-state index contributed by atoms with van der Waals surface area (Å²) in [7, 11) is 0. The first kappa shape index (κ1) is 16.6. The zero-order valence-electron chi connectivity index (χ0n) is 13.6. The maximum absolute atomic E-state index is 12.7. The normalized spacial score (nSPS) is 11.8. The van der Waals surface area contributed by atoms with E-state index in [1.807, 2.05) is 48.5 Å². The number of hydrogen-bond acceptors (Lipinski definition) is 4. The third-order valence-electron chi connectivity index (χ3n) is 3.81. The first-order chi connectivity index (χ1) is 12.1. The van der Waals surface area contributed by atoms with Crippen LogP contribution < -0.4 is 25.4 Å². The number of hydrogen-bond donors (Lipinski definition) is 2. The summed E-state index contributed by atoms with van der Waals surface area (Å²) in [5.41, 5.74) is 6.67. The molecule has 0 bridgehead atoms. The lowest BCUT2D eigenvalue weighted by atomic mass is 10.1. The van der Waals surface area contributed by atoms with Gasteiger partial charge in [-0.3, -0.25) is 4.79 Å². The predicted molar refractivity (Wildman–Crippen MR) is 92.4 cm³/mol. The molecular formula is C18H19N3O4. The number of nitrogens with zero attached hydrogens (tertiary/aromatic N) is 1. The van der Waals surface area contributed by atoms with Crippen molar-refractivity contribution in [3.8, 4) is 11.5 Å². The second kappa shape index (κ2) is 7.57. The van der Waals surface area contributed by atoms with Crippen molar-refractivity contribution in [1.29, 1.82) is 0 Å². The summed E-state index contributed by atoms with van der Waals surface area (Å²) in [5, 5.41) is 2.43. The second-order valence-corrected chi connectivity index (χ2v) is 5.51. The number of nitrogens with one attached hydrogen (secondary N) is 1. The van der Waals surface area contributed by atoms with Gasteiger partial charge in [0.05, 0.1) is 6.54 Å². The van der Waals surface area contributed by atoms with Crippen LogP contribution in [0.5, 0.6) is 11.5 Å². The van der Waals surface area contributed by atoms with E-state index in [9.17, 15) is 9.59 Å². The Kier molecular flexibility index (Phi) is 5.03. The zero-order chi connectivity index (χ0) is 17.6. The van der Waals surface area contributed by atoms with Crippen molar-refractivity contribution in [3.05, 3.63) is 54.1 Å². The fourth-order valence-electron chi connectivity index (χ4n) is 2.64. The topological polar surface area (TPSA) is 93.9 Å². The molecule has 7 nitrogen and oxygen atoms in total. The highest BCUT2D eigenvalue weighted by Gasteiger charge is 2.22. The summed E-state index contributed by atoms with van der Waals surface area (Å²) in [6, 6.07) is 14.3. The fourth-order valence-corrected chi connectivity index (χ4v) is 2.64. The van der Waals surface area contributed by atoms with E-state index in [1.54, 1.807) is 4.90 Å². The van der Waals surface area contributed by atoms with Crippen molar-refractivity contribution in [2.45, 2.75) is 13.0 Å². The van der Waals surface area contributed by atoms with E-state index < -0.39 is 6.03 Å². The highest BCUT2D eigenvalue weighted by Crippen LogP contribution is 2.36. The smallest absolute Gasteiger partial charge is 0.312 e. The Bertz CT molecular complexity index is 764. The number of nitrogens with two attached hydrogens (primary N) is 1. The van der Waals surface area contributed by atoms with Crippen LogP contribution in [0.1, 0.15) is 12.0 Å². The van der Waals surface area contributed by atoms with Crippen LogP contribution in [0, 0.1) is 0 Å². The molecule has 0 saturated carbocycles. The summed E-state index contributed by atoms with van der Waals surface area (Å²) in [5.74, 6) is 1.20. The summed E-state index contributed by atoms with van der Waals surface area (Å²) < 4.78 is 10.9. The number of carbonyl (C=O) groups is 2. The largest absolute Gasteiger partial charge is 0.454 e. The highest BCUT2D eigenvalue weighted by atomic mass is 16.7. The summed E-state index contributed by atoms with van der Waals surface area (Å²) in [6.07, 6.45) is 0.143. The van der Waals surface area contributed by atoms with E-state index in [4.69, 9.17) is 15.2 Å². The summed E-state index contributed by atoms with van der Waals surface area (Å²) in [4.78, 5) is 25.1. The van der Waals surface area contributed by atoms with Gasteiger partial charge >= 0.3 is 6.03 Å². The van der Waals surface area contributed by atoms with E-state index in [0.717, 1.165) is 11.3 Å².